The first-order valence-corrected chi connectivity index (χ1v) is 6.60. The molecule has 2 atom stereocenters. The van der Waals surface area contributed by atoms with Crippen molar-refractivity contribution in [1.29, 1.82) is 0 Å². The molecule has 1 amide bonds. The van der Waals surface area contributed by atoms with E-state index in [9.17, 15) is 14.7 Å². The SMILES string of the molecule is COCCN1C(=O)COC(C(=O)O)C1c1ccc(C)nc1. The average Bonchev–Trinajstić information content (AvgIpc) is 2.46. The Morgan fingerprint density at radius 2 is 2.33 bits per heavy atom. The van der Waals surface area contributed by atoms with Gasteiger partial charge < -0.3 is 19.5 Å². The Bertz CT molecular complexity index is 517. The first-order valence-electron chi connectivity index (χ1n) is 6.60. The topological polar surface area (TPSA) is 89.0 Å². The second kappa shape index (κ2) is 6.64. The fraction of sp³-hybridized carbons (Fsp3) is 0.500. The number of carboxylic acid groups (broad SMARTS) is 1. The summed E-state index contributed by atoms with van der Waals surface area (Å²) in [6.07, 6.45) is 0.474. The van der Waals surface area contributed by atoms with Crippen LogP contribution in [0.25, 0.3) is 0 Å². The molecule has 0 radical (unpaired) electrons. The van der Waals surface area contributed by atoms with Crippen molar-refractivity contribution in [1.82, 2.24) is 9.88 Å². The molecular formula is C14H18N2O5. The number of rotatable bonds is 5. The molecule has 1 N–H and O–H groups in total. The third-order valence-electron chi connectivity index (χ3n) is 3.38. The van der Waals surface area contributed by atoms with Gasteiger partial charge in [-0.25, -0.2) is 4.79 Å². The van der Waals surface area contributed by atoms with E-state index in [1.54, 1.807) is 18.3 Å². The van der Waals surface area contributed by atoms with Crippen LogP contribution in [-0.4, -0.2) is 59.8 Å². The van der Waals surface area contributed by atoms with Crippen LogP contribution in [-0.2, 0) is 19.1 Å². The highest BCUT2D eigenvalue weighted by molar-refractivity contribution is 5.83. The number of aryl methyl sites for hydroxylation is 1. The molecule has 1 saturated heterocycles. The molecule has 2 unspecified atom stereocenters. The molecule has 0 spiro atoms. The van der Waals surface area contributed by atoms with Crippen molar-refractivity contribution in [3.8, 4) is 0 Å². The number of ether oxygens (including phenoxy) is 2. The summed E-state index contributed by atoms with van der Waals surface area (Å²) in [6, 6.07) is 2.85. The Morgan fingerprint density at radius 3 is 2.90 bits per heavy atom. The molecule has 1 aliphatic rings. The van der Waals surface area contributed by atoms with E-state index in [-0.39, 0.29) is 12.5 Å². The summed E-state index contributed by atoms with van der Waals surface area (Å²) in [5.41, 5.74) is 1.45. The fourth-order valence-corrected chi connectivity index (χ4v) is 2.32. The lowest BCUT2D eigenvalue weighted by Gasteiger charge is -2.39. The van der Waals surface area contributed by atoms with Gasteiger partial charge in [-0.05, 0) is 18.6 Å². The number of carbonyl (C=O) groups is 2. The number of carboxylic acids is 1. The van der Waals surface area contributed by atoms with Crippen LogP contribution in [0.2, 0.25) is 0 Å². The Balaban J connectivity index is 2.35. The molecule has 7 nitrogen and oxygen atoms in total. The molecule has 2 heterocycles. The molecule has 1 aromatic heterocycles. The van der Waals surface area contributed by atoms with E-state index in [1.807, 2.05) is 6.92 Å². The largest absolute Gasteiger partial charge is 0.479 e. The highest BCUT2D eigenvalue weighted by Crippen LogP contribution is 2.30. The van der Waals surface area contributed by atoms with Crippen LogP contribution in [0.3, 0.4) is 0 Å². The van der Waals surface area contributed by atoms with Crippen molar-refractivity contribution in [3.63, 3.8) is 0 Å². The van der Waals surface area contributed by atoms with Crippen molar-refractivity contribution in [2.45, 2.75) is 19.1 Å². The summed E-state index contributed by atoms with van der Waals surface area (Å²) < 4.78 is 10.2. The van der Waals surface area contributed by atoms with Gasteiger partial charge in [-0.1, -0.05) is 6.07 Å². The molecule has 7 heteroatoms. The molecule has 21 heavy (non-hydrogen) atoms. The standard InChI is InChI=1S/C14H18N2O5/c1-9-3-4-10(7-15-9)12-13(14(18)19)21-8-11(17)16(12)5-6-20-2/h3-4,7,12-13H,5-6,8H2,1-2H3,(H,18,19). The lowest BCUT2D eigenvalue weighted by Crippen LogP contribution is -2.52. The van der Waals surface area contributed by atoms with E-state index in [2.05, 4.69) is 4.98 Å². The molecule has 0 aromatic carbocycles. The highest BCUT2D eigenvalue weighted by Gasteiger charge is 2.41. The minimum absolute atomic E-state index is 0.240. The number of morpholine rings is 1. The third kappa shape index (κ3) is 3.37. The van der Waals surface area contributed by atoms with Crippen LogP contribution in [0.1, 0.15) is 17.3 Å². The Hall–Kier alpha value is -1.99. The van der Waals surface area contributed by atoms with Gasteiger partial charge in [0.05, 0.1) is 12.6 Å². The average molecular weight is 294 g/mol. The maximum Gasteiger partial charge on any atom is 0.335 e. The van der Waals surface area contributed by atoms with Crippen molar-refractivity contribution < 1.29 is 24.2 Å². The lowest BCUT2D eigenvalue weighted by molar-refractivity contribution is -0.173. The summed E-state index contributed by atoms with van der Waals surface area (Å²) in [6.45, 7) is 2.23. The Labute approximate surface area is 122 Å². The molecular weight excluding hydrogens is 276 g/mol. The summed E-state index contributed by atoms with van der Waals surface area (Å²) in [7, 11) is 1.53. The number of carbonyl (C=O) groups excluding carboxylic acids is 1. The number of hydrogen-bond donors (Lipinski definition) is 1. The second-order valence-electron chi connectivity index (χ2n) is 4.83. The first-order chi connectivity index (χ1) is 10.0. The number of hydrogen-bond acceptors (Lipinski definition) is 5. The van der Waals surface area contributed by atoms with Gasteiger partial charge in [0, 0.05) is 25.5 Å². The van der Waals surface area contributed by atoms with E-state index in [0.29, 0.717) is 18.7 Å². The Kier molecular flexibility index (Phi) is 4.87. The van der Waals surface area contributed by atoms with Gasteiger partial charge in [-0.2, -0.15) is 0 Å². The van der Waals surface area contributed by atoms with Gasteiger partial charge in [0.25, 0.3) is 0 Å². The minimum atomic E-state index is -1.11. The molecule has 0 bridgehead atoms. The van der Waals surface area contributed by atoms with Gasteiger partial charge >= 0.3 is 5.97 Å². The molecule has 1 aromatic rings. The summed E-state index contributed by atoms with van der Waals surface area (Å²) >= 11 is 0. The van der Waals surface area contributed by atoms with Crippen LogP contribution in [0.4, 0.5) is 0 Å². The predicted octanol–water partition coefficient (Wildman–Crippen LogP) is 0.390. The third-order valence-corrected chi connectivity index (χ3v) is 3.38. The predicted molar refractivity (Wildman–Crippen MR) is 72.7 cm³/mol. The van der Waals surface area contributed by atoms with Gasteiger partial charge in [-0.3, -0.25) is 9.78 Å². The van der Waals surface area contributed by atoms with Gasteiger partial charge in [0.1, 0.15) is 6.61 Å². The maximum absolute atomic E-state index is 12.1. The second-order valence-corrected chi connectivity index (χ2v) is 4.83. The lowest BCUT2D eigenvalue weighted by atomic mass is 9.99. The summed E-state index contributed by atoms with van der Waals surface area (Å²) in [5, 5.41) is 9.34. The first kappa shape index (κ1) is 15.4. The van der Waals surface area contributed by atoms with Crippen LogP contribution < -0.4 is 0 Å². The summed E-state index contributed by atoms with van der Waals surface area (Å²) in [4.78, 5) is 29.1. The number of aliphatic carboxylic acids is 1. The zero-order chi connectivity index (χ0) is 15.4. The van der Waals surface area contributed by atoms with Crippen molar-refractivity contribution in [2.24, 2.45) is 0 Å². The highest BCUT2D eigenvalue weighted by atomic mass is 16.5. The summed E-state index contributed by atoms with van der Waals surface area (Å²) in [5.74, 6) is -1.36. The number of amides is 1. The molecule has 114 valence electrons. The number of nitrogens with zero attached hydrogens (tertiary/aromatic N) is 2. The van der Waals surface area contributed by atoms with Crippen LogP contribution in [0, 0.1) is 6.92 Å². The zero-order valence-electron chi connectivity index (χ0n) is 12.0. The van der Waals surface area contributed by atoms with E-state index in [0.717, 1.165) is 5.69 Å². The minimum Gasteiger partial charge on any atom is -0.479 e. The van der Waals surface area contributed by atoms with Crippen LogP contribution >= 0.6 is 0 Å². The number of pyridine rings is 1. The van der Waals surface area contributed by atoms with E-state index in [1.165, 1.54) is 12.0 Å². The van der Waals surface area contributed by atoms with Gasteiger partial charge in [-0.15, -0.1) is 0 Å². The molecule has 1 fully saturated rings. The van der Waals surface area contributed by atoms with Gasteiger partial charge in [0.2, 0.25) is 5.91 Å². The van der Waals surface area contributed by atoms with Crippen LogP contribution in [0.5, 0.6) is 0 Å². The fourth-order valence-electron chi connectivity index (χ4n) is 2.32. The molecule has 0 saturated carbocycles. The van der Waals surface area contributed by atoms with Gasteiger partial charge in [0.15, 0.2) is 6.10 Å². The van der Waals surface area contributed by atoms with Crippen molar-refractivity contribution >= 4 is 11.9 Å². The molecule has 0 aliphatic carbocycles. The molecule has 1 aliphatic heterocycles. The molecule has 2 rings (SSSR count). The van der Waals surface area contributed by atoms with E-state index >= 15 is 0 Å². The number of methoxy groups -OCH3 is 1. The maximum atomic E-state index is 12.1. The quantitative estimate of drug-likeness (QED) is 0.845. The van der Waals surface area contributed by atoms with Crippen molar-refractivity contribution in [3.05, 3.63) is 29.6 Å². The number of aromatic nitrogens is 1. The zero-order valence-corrected chi connectivity index (χ0v) is 12.0. The van der Waals surface area contributed by atoms with Crippen molar-refractivity contribution in [2.75, 3.05) is 26.9 Å². The smallest absolute Gasteiger partial charge is 0.335 e. The Morgan fingerprint density at radius 1 is 1.57 bits per heavy atom. The monoisotopic (exact) mass is 294 g/mol. The van der Waals surface area contributed by atoms with Crippen LogP contribution in [0.15, 0.2) is 18.3 Å². The normalized spacial score (nSPS) is 22.4. The van der Waals surface area contributed by atoms with E-state index < -0.39 is 18.1 Å². The van der Waals surface area contributed by atoms with E-state index in [4.69, 9.17) is 9.47 Å².